The van der Waals surface area contributed by atoms with Gasteiger partial charge in [0, 0.05) is 4.47 Å². The minimum absolute atomic E-state index is 0.0221. The Morgan fingerprint density at radius 1 is 1.15 bits per heavy atom. The van der Waals surface area contributed by atoms with Gasteiger partial charge in [-0.05, 0) is 36.4 Å². The number of hydrogen-bond acceptors (Lipinski definition) is 3. The fourth-order valence-electron chi connectivity index (χ4n) is 1.54. The molecule has 0 atom stereocenters. The van der Waals surface area contributed by atoms with Crippen molar-refractivity contribution in [2.45, 2.75) is 4.90 Å². The van der Waals surface area contributed by atoms with E-state index in [0.717, 1.165) is 10.5 Å². The fraction of sp³-hybridized carbons (Fsp3) is 0. The summed E-state index contributed by atoms with van der Waals surface area (Å²) in [5.41, 5.74) is -0.427. The Balaban J connectivity index is 2.42. The molecule has 0 radical (unpaired) electrons. The first-order valence-corrected chi connectivity index (χ1v) is 7.68. The number of nitrogens with zero attached hydrogens (tertiary/aromatic N) is 1. The molecule has 0 amide bonds. The van der Waals surface area contributed by atoms with E-state index >= 15 is 0 Å². The average molecular weight is 355 g/mol. The molecule has 0 spiro atoms. The molecular weight excluding hydrogens is 347 g/mol. The van der Waals surface area contributed by atoms with Crippen LogP contribution in [-0.4, -0.2) is 8.42 Å². The lowest BCUT2D eigenvalue weighted by Crippen LogP contribution is -2.14. The fourth-order valence-corrected chi connectivity index (χ4v) is 2.88. The van der Waals surface area contributed by atoms with Gasteiger partial charge >= 0.3 is 0 Å². The van der Waals surface area contributed by atoms with Crippen molar-refractivity contribution in [3.05, 3.63) is 58.3 Å². The van der Waals surface area contributed by atoms with E-state index in [1.54, 1.807) is 18.2 Å². The third-order valence-electron chi connectivity index (χ3n) is 2.49. The van der Waals surface area contributed by atoms with Crippen LogP contribution in [0.15, 0.2) is 51.8 Å². The van der Waals surface area contributed by atoms with Gasteiger partial charge in [0.15, 0.2) is 0 Å². The van der Waals surface area contributed by atoms with Gasteiger partial charge in [-0.3, -0.25) is 4.72 Å². The summed E-state index contributed by atoms with van der Waals surface area (Å²) in [5.74, 6) is -0.775. The number of benzene rings is 2. The number of anilines is 1. The summed E-state index contributed by atoms with van der Waals surface area (Å²) in [6.07, 6.45) is 0. The zero-order valence-electron chi connectivity index (χ0n) is 9.97. The molecule has 0 bridgehead atoms. The highest BCUT2D eigenvalue weighted by Crippen LogP contribution is 2.22. The Hall–Kier alpha value is -1.91. The second-order valence-electron chi connectivity index (χ2n) is 3.83. The van der Waals surface area contributed by atoms with E-state index in [1.807, 2.05) is 0 Å². The maximum atomic E-state index is 13.4. The zero-order chi connectivity index (χ0) is 14.8. The van der Waals surface area contributed by atoms with Crippen molar-refractivity contribution in [1.29, 1.82) is 5.26 Å². The van der Waals surface area contributed by atoms with Gasteiger partial charge < -0.3 is 0 Å². The van der Waals surface area contributed by atoms with Crippen molar-refractivity contribution in [3.63, 3.8) is 0 Å². The molecule has 0 unspecified atom stereocenters. The predicted molar refractivity (Wildman–Crippen MR) is 76.1 cm³/mol. The summed E-state index contributed by atoms with van der Waals surface area (Å²) >= 11 is 3.20. The van der Waals surface area contributed by atoms with Crippen LogP contribution in [0.3, 0.4) is 0 Å². The van der Waals surface area contributed by atoms with Gasteiger partial charge in [-0.2, -0.15) is 5.26 Å². The van der Waals surface area contributed by atoms with Crippen LogP contribution in [-0.2, 0) is 10.0 Å². The maximum absolute atomic E-state index is 13.4. The van der Waals surface area contributed by atoms with Gasteiger partial charge in [0.25, 0.3) is 10.0 Å². The van der Waals surface area contributed by atoms with Crippen LogP contribution in [0.4, 0.5) is 10.1 Å². The maximum Gasteiger partial charge on any atom is 0.261 e. The molecule has 2 aromatic carbocycles. The normalized spacial score (nSPS) is 10.8. The minimum atomic E-state index is -3.87. The Labute approximate surface area is 124 Å². The molecular formula is C13H8BrFN2O2S. The number of nitriles is 1. The van der Waals surface area contributed by atoms with Crippen LogP contribution in [0.2, 0.25) is 0 Å². The van der Waals surface area contributed by atoms with Gasteiger partial charge in [0.1, 0.15) is 17.4 Å². The summed E-state index contributed by atoms with van der Waals surface area (Å²) in [7, 11) is -3.87. The monoisotopic (exact) mass is 354 g/mol. The van der Waals surface area contributed by atoms with Crippen LogP contribution in [0.5, 0.6) is 0 Å². The lowest BCUT2D eigenvalue weighted by Gasteiger charge is -2.09. The van der Waals surface area contributed by atoms with E-state index in [0.29, 0.717) is 0 Å². The van der Waals surface area contributed by atoms with Gasteiger partial charge in [-0.25, -0.2) is 12.8 Å². The van der Waals surface area contributed by atoms with Gasteiger partial charge in [0.2, 0.25) is 0 Å². The highest BCUT2D eigenvalue weighted by atomic mass is 79.9. The topological polar surface area (TPSA) is 70.0 Å². The number of nitrogens with one attached hydrogen (secondary N) is 1. The van der Waals surface area contributed by atoms with E-state index in [1.165, 1.54) is 24.3 Å². The molecule has 2 aromatic rings. The first kappa shape index (κ1) is 14.5. The van der Waals surface area contributed by atoms with E-state index in [-0.39, 0.29) is 16.1 Å². The Bertz CT molecular complexity index is 783. The highest BCUT2D eigenvalue weighted by Gasteiger charge is 2.17. The molecule has 0 fully saturated rings. The first-order chi connectivity index (χ1) is 9.44. The summed E-state index contributed by atoms with van der Waals surface area (Å²) in [4.78, 5) is 0.0221. The molecule has 2 rings (SSSR count). The summed E-state index contributed by atoms with van der Waals surface area (Å²) < 4.78 is 40.6. The quantitative estimate of drug-likeness (QED) is 0.919. The van der Waals surface area contributed by atoms with E-state index < -0.39 is 15.8 Å². The largest absolute Gasteiger partial charge is 0.278 e. The molecule has 0 saturated heterocycles. The molecule has 0 aromatic heterocycles. The van der Waals surface area contributed by atoms with Gasteiger partial charge in [-0.15, -0.1) is 0 Å². The van der Waals surface area contributed by atoms with E-state index in [4.69, 9.17) is 5.26 Å². The van der Waals surface area contributed by atoms with Crippen molar-refractivity contribution >= 4 is 31.6 Å². The van der Waals surface area contributed by atoms with Crippen molar-refractivity contribution in [2.75, 3.05) is 4.72 Å². The SMILES string of the molecule is N#Cc1c(F)cccc1NS(=O)(=O)c1ccc(Br)cc1. The lowest BCUT2D eigenvalue weighted by molar-refractivity contribution is 0.601. The van der Waals surface area contributed by atoms with Crippen LogP contribution >= 0.6 is 15.9 Å². The second-order valence-corrected chi connectivity index (χ2v) is 6.43. The summed E-state index contributed by atoms with van der Waals surface area (Å²) in [6, 6.07) is 11.3. The highest BCUT2D eigenvalue weighted by molar-refractivity contribution is 9.10. The Morgan fingerprint density at radius 3 is 2.40 bits per heavy atom. The smallest absolute Gasteiger partial charge is 0.261 e. The van der Waals surface area contributed by atoms with Crippen molar-refractivity contribution in [3.8, 4) is 6.07 Å². The zero-order valence-corrected chi connectivity index (χ0v) is 12.4. The second kappa shape index (κ2) is 5.61. The third kappa shape index (κ3) is 2.98. The molecule has 4 nitrogen and oxygen atoms in total. The van der Waals surface area contributed by atoms with Crippen molar-refractivity contribution in [1.82, 2.24) is 0 Å². The van der Waals surface area contributed by atoms with Gasteiger partial charge in [-0.1, -0.05) is 22.0 Å². The minimum Gasteiger partial charge on any atom is -0.278 e. The Morgan fingerprint density at radius 2 is 1.80 bits per heavy atom. The average Bonchev–Trinajstić information content (AvgIpc) is 2.39. The van der Waals surface area contributed by atoms with Crippen LogP contribution in [0.25, 0.3) is 0 Å². The summed E-state index contributed by atoms with van der Waals surface area (Å²) in [6.45, 7) is 0. The molecule has 102 valence electrons. The number of halogens is 2. The molecule has 0 aliphatic heterocycles. The third-order valence-corrected chi connectivity index (χ3v) is 4.40. The van der Waals surface area contributed by atoms with E-state index in [2.05, 4.69) is 20.7 Å². The molecule has 1 N–H and O–H groups in total. The number of rotatable bonds is 3. The lowest BCUT2D eigenvalue weighted by atomic mass is 10.2. The van der Waals surface area contributed by atoms with Crippen molar-refractivity contribution < 1.29 is 12.8 Å². The molecule has 0 aliphatic rings. The van der Waals surface area contributed by atoms with Crippen LogP contribution in [0.1, 0.15) is 5.56 Å². The number of hydrogen-bond donors (Lipinski definition) is 1. The molecule has 7 heteroatoms. The van der Waals surface area contributed by atoms with Crippen LogP contribution in [0, 0.1) is 17.1 Å². The number of sulfonamides is 1. The van der Waals surface area contributed by atoms with Crippen LogP contribution < -0.4 is 4.72 Å². The molecule has 0 aliphatic carbocycles. The predicted octanol–water partition coefficient (Wildman–Crippen LogP) is 3.26. The molecule has 20 heavy (non-hydrogen) atoms. The standard InChI is InChI=1S/C13H8BrFN2O2S/c14-9-4-6-10(7-5-9)20(18,19)17-13-3-1-2-12(15)11(13)8-16/h1-7,17H. The molecule has 0 heterocycles. The summed E-state index contributed by atoms with van der Waals surface area (Å²) in [5, 5.41) is 8.87. The Kier molecular flexibility index (Phi) is 4.06. The molecule has 0 saturated carbocycles. The first-order valence-electron chi connectivity index (χ1n) is 5.41. The van der Waals surface area contributed by atoms with Gasteiger partial charge in [0.05, 0.1) is 10.6 Å². The van der Waals surface area contributed by atoms with Crippen molar-refractivity contribution in [2.24, 2.45) is 0 Å². The van der Waals surface area contributed by atoms with E-state index in [9.17, 15) is 12.8 Å².